The lowest BCUT2D eigenvalue weighted by Gasteiger charge is -2.20. The van der Waals surface area contributed by atoms with Gasteiger partial charge in [0.25, 0.3) is 5.56 Å². The first-order valence-corrected chi connectivity index (χ1v) is 6.45. The largest absolute Gasteiger partial charge is 0.362 e. The summed E-state index contributed by atoms with van der Waals surface area (Å²) in [5.74, 6) is 1.83. The van der Waals surface area contributed by atoms with E-state index in [1.807, 2.05) is 6.92 Å². The summed E-state index contributed by atoms with van der Waals surface area (Å²) < 4.78 is 1.68. The van der Waals surface area contributed by atoms with Gasteiger partial charge in [0.05, 0.1) is 0 Å². The zero-order valence-electron chi connectivity index (χ0n) is 10.8. The van der Waals surface area contributed by atoms with Crippen molar-refractivity contribution in [1.29, 1.82) is 0 Å². The minimum absolute atomic E-state index is 0.0123. The molecule has 1 saturated carbocycles. The highest BCUT2D eigenvalue weighted by Crippen LogP contribution is 2.32. The van der Waals surface area contributed by atoms with Crippen molar-refractivity contribution in [1.82, 2.24) is 9.55 Å². The van der Waals surface area contributed by atoms with Gasteiger partial charge in [-0.05, 0) is 31.6 Å². The fourth-order valence-corrected chi connectivity index (χ4v) is 2.54. The van der Waals surface area contributed by atoms with Crippen molar-refractivity contribution in [3.05, 3.63) is 22.7 Å². The molecule has 0 radical (unpaired) electrons. The van der Waals surface area contributed by atoms with Gasteiger partial charge < -0.3 is 9.88 Å². The molecule has 94 valence electrons. The molecule has 4 nitrogen and oxygen atoms in total. The van der Waals surface area contributed by atoms with E-state index in [0.29, 0.717) is 24.3 Å². The number of nitrogens with zero attached hydrogens (tertiary/aromatic N) is 2. The number of aryl methyl sites for hydroxylation is 1. The van der Waals surface area contributed by atoms with Crippen LogP contribution in [0, 0.1) is 11.8 Å². The Hall–Kier alpha value is -1.32. The second-order valence-corrected chi connectivity index (χ2v) is 5.03. The average molecular weight is 235 g/mol. The summed E-state index contributed by atoms with van der Waals surface area (Å²) in [4.78, 5) is 16.2. The molecule has 3 atom stereocenters. The van der Waals surface area contributed by atoms with Gasteiger partial charge in [-0.1, -0.05) is 13.8 Å². The van der Waals surface area contributed by atoms with Crippen LogP contribution < -0.4 is 10.9 Å². The first-order valence-electron chi connectivity index (χ1n) is 6.45. The molecule has 1 aliphatic carbocycles. The third-order valence-corrected chi connectivity index (χ3v) is 4.04. The second kappa shape index (κ2) is 4.90. The number of nitrogens with one attached hydrogen (secondary N) is 1. The van der Waals surface area contributed by atoms with Crippen molar-refractivity contribution >= 4 is 5.82 Å². The number of hydrogen-bond donors (Lipinski definition) is 1. The summed E-state index contributed by atoms with van der Waals surface area (Å²) >= 11 is 0. The molecule has 0 amide bonds. The fraction of sp³-hybridized carbons (Fsp3) is 0.692. The van der Waals surface area contributed by atoms with Crippen molar-refractivity contribution in [3.8, 4) is 0 Å². The molecule has 1 aromatic rings. The average Bonchev–Trinajstić information content (AvgIpc) is 2.64. The lowest BCUT2D eigenvalue weighted by Crippen LogP contribution is -2.31. The molecule has 1 heterocycles. The Morgan fingerprint density at radius 2 is 2.24 bits per heavy atom. The molecular formula is C13H21N3O. The lowest BCUT2D eigenvalue weighted by atomic mass is 9.98. The quantitative estimate of drug-likeness (QED) is 0.873. The van der Waals surface area contributed by atoms with E-state index in [1.165, 1.54) is 6.42 Å². The second-order valence-electron chi connectivity index (χ2n) is 5.03. The Balaban J connectivity index is 2.17. The fourth-order valence-electron chi connectivity index (χ4n) is 2.54. The maximum atomic E-state index is 12.0. The van der Waals surface area contributed by atoms with Gasteiger partial charge in [0.15, 0.2) is 5.82 Å². The predicted octanol–water partition coefficient (Wildman–Crippen LogP) is 2.11. The number of aromatic nitrogens is 2. The minimum Gasteiger partial charge on any atom is -0.362 e. The molecule has 1 aromatic heterocycles. The van der Waals surface area contributed by atoms with Crippen molar-refractivity contribution in [2.75, 3.05) is 5.32 Å². The van der Waals surface area contributed by atoms with Crippen LogP contribution in [0.1, 0.15) is 33.6 Å². The predicted molar refractivity (Wildman–Crippen MR) is 69.1 cm³/mol. The molecule has 1 fully saturated rings. The Morgan fingerprint density at radius 3 is 2.82 bits per heavy atom. The highest BCUT2D eigenvalue weighted by atomic mass is 16.1. The van der Waals surface area contributed by atoms with Gasteiger partial charge in [0.2, 0.25) is 0 Å². The van der Waals surface area contributed by atoms with Crippen LogP contribution >= 0.6 is 0 Å². The summed E-state index contributed by atoms with van der Waals surface area (Å²) in [7, 11) is 0. The Labute approximate surface area is 102 Å². The van der Waals surface area contributed by atoms with Gasteiger partial charge in [-0.2, -0.15) is 0 Å². The summed E-state index contributed by atoms with van der Waals surface area (Å²) in [6.45, 7) is 7.17. The number of anilines is 1. The van der Waals surface area contributed by atoms with Gasteiger partial charge in [-0.25, -0.2) is 4.98 Å². The van der Waals surface area contributed by atoms with Crippen molar-refractivity contribution < 1.29 is 0 Å². The van der Waals surface area contributed by atoms with Gasteiger partial charge in [-0.15, -0.1) is 0 Å². The zero-order valence-corrected chi connectivity index (χ0v) is 10.8. The monoisotopic (exact) mass is 235 g/mol. The standard InChI is InChI=1S/C13H21N3O/c1-4-16-8-7-14-12(13(16)17)15-11-6-5-9(2)10(11)3/h7-11H,4-6H2,1-3H3,(H,14,15). The number of hydrogen-bond acceptors (Lipinski definition) is 3. The molecule has 0 bridgehead atoms. The molecule has 0 aliphatic heterocycles. The van der Waals surface area contributed by atoms with Crippen LogP contribution in [-0.4, -0.2) is 15.6 Å². The summed E-state index contributed by atoms with van der Waals surface area (Å²) in [5.41, 5.74) is -0.0123. The summed E-state index contributed by atoms with van der Waals surface area (Å²) in [5, 5.41) is 3.32. The minimum atomic E-state index is -0.0123. The third kappa shape index (κ3) is 2.35. The number of rotatable bonds is 3. The molecule has 1 aliphatic rings. The van der Waals surface area contributed by atoms with E-state index in [2.05, 4.69) is 24.1 Å². The van der Waals surface area contributed by atoms with Gasteiger partial charge >= 0.3 is 0 Å². The van der Waals surface area contributed by atoms with E-state index in [-0.39, 0.29) is 5.56 Å². The van der Waals surface area contributed by atoms with Gasteiger partial charge in [-0.3, -0.25) is 4.79 Å². The molecule has 1 N–H and O–H groups in total. The molecule has 0 saturated heterocycles. The Bertz CT molecular complexity index is 441. The smallest absolute Gasteiger partial charge is 0.293 e. The van der Waals surface area contributed by atoms with Crippen LogP contribution in [0.4, 0.5) is 5.82 Å². The van der Waals surface area contributed by atoms with Crippen LogP contribution in [-0.2, 0) is 6.54 Å². The molecule has 0 aromatic carbocycles. The van der Waals surface area contributed by atoms with E-state index < -0.39 is 0 Å². The van der Waals surface area contributed by atoms with E-state index >= 15 is 0 Å². The molecule has 0 spiro atoms. The maximum absolute atomic E-state index is 12.0. The first-order chi connectivity index (χ1) is 8.13. The Kier molecular flexibility index (Phi) is 3.50. The SMILES string of the molecule is CCn1ccnc(NC2CCC(C)C2C)c1=O. The normalized spacial score (nSPS) is 28.3. The van der Waals surface area contributed by atoms with E-state index in [4.69, 9.17) is 0 Å². The lowest BCUT2D eigenvalue weighted by molar-refractivity contribution is 0.434. The summed E-state index contributed by atoms with van der Waals surface area (Å²) in [6, 6.07) is 0.387. The zero-order chi connectivity index (χ0) is 12.4. The van der Waals surface area contributed by atoms with Crippen LogP contribution in [0.3, 0.4) is 0 Å². The van der Waals surface area contributed by atoms with Crippen molar-refractivity contribution in [3.63, 3.8) is 0 Å². The maximum Gasteiger partial charge on any atom is 0.293 e. The van der Waals surface area contributed by atoms with Crippen LogP contribution in [0.2, 0.25) is 0 Å². The topological polar surface area (TPSA) is 46.9 Å². The van der Waals surface area contributed by atoms with Crippen LogP contribution in [0.25, 0.3) is 0 Å². The van der Waals surface area contributed by atoms with Crippen LogP contribution in [0.5, 0.6) is 0 Å². The first kappa shape index (κ1) is 12.1. The van der Waals surface area contributed by atoms with E-state index in [1.54, 1.807) is 17.0 Å². The van der Waals surface area contributed by atoms with Gasteiger partial charge in [0.1, 0.15) is 0 Å². The molecule has 17 heavy (non-hydrogen) atoms. The Morgan fingerprint density at radius 1 is 1.47 bits per heavy atom. The van der Waals surface area contributed by atoms with E-state index in [0.717, 1.165) is 12.3 Å². The van der Waals surface area contributed by atoms with Crippen LogP contribution in [0.15, 0.2) is 17.2 Å². The van der Waals surface area contributed by atoms with Gasteiger partial charge in [0, 0.05) is 25.0 Å². The molecule has 4 heteroatoms. The third-order valence-electron chi connectivity index (χ3n) is 4.04. The molecule has 3 unspecified atom stereocenters. The highest BCUT2D eigenvalue weighted by Gasteiger charge is 2.30. The highest BCUT2D eigenvalue weighted by molar-refractivity contribution is 5.33. The molecule has 2 rings (SSSR count). The summed E-state index contributed by atoms with van der Waals surface area (Å²) in [6.07, 6.45) is 5.78. The van der Waals surface area contributed by atoms with Crippen molar-refractivity contribution in [2.24, 2.45) is 11.8 Å². The van der Waals surface area contributed by atoms with E-state index in [9.17, 15) is 4.79 Å². The van der Waals surface area contributed by atoms with Crippen molar-refractivity contribution in [2.45, 2.75) is 46.2 Å². The molecular weight excluding hydrogens is 214 g/mol.